The number of hydrogen-bond donors (Lipinski definition) is 2. The van der Waals surface area contributed by atoms with Crippen molar-refractivity contribution in [1.29, 1.82) is 0 Å². The van der Waals surface area contributed by atoms with Crippen molar-refractivity contribution in [3.63, 3.8) is 0 Å². The van der Waals surface area contributed by atoms with Crippen molar-refractivity contribution in [2.75, 3.05) is 5.32 Å². The van der Waals surface area contributed by atoms with Crippen LogP contribution >= 0.6 is 15.9 Å². The monoisotopic (exact) mass is 400 g/mol. The summed E-state index contributed by atoms with van der Waals surface area (Å²) in [6.07, 6.45) is -4.95. The van der Waals surface area contributed by atoms with Gasteiger partial charge in [-0.2, -0.15) is 13.2 Å². The summed E-state index contributed by atoms with van der Waals surface area (Å²) in [5.41, 5.74) is 0.999. The summed E-state index contributed by atoms with van der Waals surface area (Å²) in [7, 11) is 0. The van der Waals surface area contributed by atoms with Crippen molar-refractivity contribution in [3.8, 4) is 0 Å². The molecule has 2 N–H and O–H groups in total. The second kappa shape index (κ2) is 7.48. The van der Waals surface area contributed by atoms with Crippen molar-refractivity contribution in [1.82, 2.24) is 5.32 Å². The van der Waals surface area contributed by atoms with Gasteiger partial charge in [0.2, 0.25) is 0 Å². The first-order chi connectivity index (χ1) is 11.3. The Labute approximate surface area is 144 Å². The largest absolute Gasteiger partial charge is 0.471 e. The van der Waals surface area contributed by atoms with Crippen LogP contribution in [0.25, 0.3) is 0 Å². The average molecular weight is 401 g/mol. The van der Waals surface area contributed by atoms with E-state index in [1.54, 1.807) is 35.6 Å². The summed E-state index contributed by atoms with van der Waals surface area (Å²) < 4.78 is 37.4. The fourth-order valence-corrected chi connectivity index (χ4v) is 2.35. The smallest absolute Gasteiger partial charge is 0.348 e. The highest BCUT2D eigenvalue weighted by molar-refractivity contribution is 9.10. The number of rotatable bonds is 4. The quantitative estimate of drug-likeness (QED) is 0.817. The Morgan fingerprint density at radius 2 is 1.75 bits per heavy atom. The molecule has 0 aliphatic rings. The zero-order chi connectivity index (χ0) is 17.7. The predicted molar refractivity (Wildman–Crippen MR) is 86.4 cm³/mol. The highest BCUT2D eigenvalue weighted by Crippen LogP contribution is 2.19. The Kier molecular flexibility index (Phi) is 5.61. The third-order valence-electron chi connectivity index (χ3n) is 3.01. The Hall–Kier alpha value is -2.35. The molecule has 8 heteroatoms. The molecule has 0 aliphatic heterocycles. The first-order valence-electron chi connectivity index (χ1n) is 6.77. The number of nitrogens with one attached hydrogen (secondary N) is 2. The highest BCUT2D eigenvalue weighted by atomic mass is 79.9. The zero-order valence-corrected chi connectivity index (χ0v) is 13.7. The van der Waals surface area contributed by atoms with Crippen LogP contribution in [0.4, 0.5) is 18.9 Å². The second-order valence-electron chi connectivity index (χ2n) is 4.81. The van der Waals surface area contributed by atoms with Gasteiger partial charge >= 0.3 is 12.1 Å². The average Bonchev–Trinajstić information content (AvgIpc) is 2.52. The molecule has 0 fully saturated rings. The highest BCUT2D eigenvalue weighted by Gasteiger charge is 2.38. The van der Waals surface area contributed by atoms with Crippen LogP contribution in [0.5, 0.6) is 0 Å². The fourth-order valence-electron chi connectivity index (χ4n) is 1.88. The van der Waals surface area contributed by atoms with Gasteiger partial charge in [0.05, 0.1) is 5.56 Å². The van der Waals surface area contributed by atoms with Gasteiger partial charge in [0.15, 0.2) is 0 Å². The maximum absolute atomic E-state index is 12.2. The molecule has 0 aliphatic carbocycles. The molecular formula is C16H12BrF3N2O2. The van der Waals surface area contributed by atoms with Crippen molar-refractivity contribution < 1.29 is 22.8 Å². The number of hydrogen-bond acceptors (Lipinski definition) is 2. The van der Waals surface area contributed by atoms with E-state index in [-0.39, 0.29) is 18.1 Å². The third-order valence-corrected chi connectivity index (χ3v) is 3.71. The minimum atomic E-state index is -4.95. The SMILES string of the molecule is O=C(NCc1cccc(NC(=O)C(F)(F)F)c1)c1ccccc1Br. The topological polar surface area (TPSA) is 58.2 Å². The molecule has 2 aromatic carbocycles. The van der Waals surface area contributed by atoms with Crippen molar-refractivity contribution in [2.24, 2.45) is 0 Å². The van der Waals surface area contributed by atoms with Gasteiger partial charge in [-0.15, -0.1) is 0 Å². The molecule has 0 radical (unpaired) electrons. The number of alkyl halides is 3. The number of benzene rings is 2. The van der Waals surface area contributed by atoms with Crippen LogP contribution in [-0.2, 0) is 11.3 Å². The van der Waals surface area contributed by atoms with Crippen LogP contribution in [0.15, 0.2) is 53.0 Å². The number of carbonyl (C=O) groups excluding carboxylic acids is 2. The summed E-state index contributed by atoms with van der Waals surface area (Å²) in [6, 6.07) is 12.7. The fraction of sp³-hybridized carbons (Fsp3) is 0.125. The van der Waals surface area contributed by atoms with Gasteiger partial charge in [0, 0.05) is 16.7 Å². The molecule has 126 valence electrons. The van der Waals surface area contributed by atoms with Gasteiger partial charge in [0.25, 0.3) is 5.91 Å². The number of amides is 2. The number of anilines is 1. The molecular weight excluding hydrogens is 389 g/mol. The predicted octanol–water partition coefficient (Wildman–Crippen LogP) is 3.88. The van der Waals surface area contributed by atoms with E-state index in [2.05, 4.69) is 21.2 Å². The molecule has 0 heterocycles. The maximum atomic E-state index is 12.2. The molecule has 0 atom stereocenters. The zero-order valence-electron chi connectivity index (χ0n) is 12.2. The summed E-state index contributed by atoms with van der Waals surface area (Å²) in [5, 5.41) is 4.43. The lowest BCUT2D eigenvalue weighted by molar-refractivity contribution is -0.167. The summed E-state index contributed by atoms with van der Waals surface area (Å²) in [6.45, 7) is 0.107. The van der Waals surface area contributed by atoms with Gasteiger partial charge < -0.3 is 10.6 Å². The second-order valence-corrected chi connectivity index (χ2v) is 5.67. The number of carbonyl (C=O) groups is 2. The molecule has 4 nitrogen and oxygen atoms in total. The molecule has 0 unspecified atom stereocenters. The third kappa shape index (κ3) is 4.82. The van der Waals surface area contributed by atoms with Crippen LogP contribution in [0.1, 0.15) is 15.9 Å². The molecule has 0 bridgehead atoms. The van der Waals surface area contributed by atoms with E-state index < -0.39 is 12.1 Å². The summed E-state index contributed by atoms with van der Waals surface area (Å²) in [5.74, 6) is -2.37. The minimum Gasteiger partial charge on any atom is -0.348 e. The van der Waals surface area contributed by atoms with Gasteiger partial charge in [-0.1, -0.05) is 24.3 Å². The first-order valence-corrected chi connectivity index (χ1v) is 7.56. The lowest BCUT2D eigenvalue weighted by atomic mass is 10.1. The van der Waals surface area contributed by atoms with Gasteiger partial charge in [0.1, 0.15) is 0 Å². The maximum Gasteiger partial charge on any atom is 0.471 e. The lowest BCUT2D eigenvalue weighted by Crippen LogP contribution is -2.30. The molecule has 0 aromatic heterocycles. The van der Waals surface area contributed by atoms with Crippen molar-refractivity contribution >= 4 is 33.4 Å². The van der Waals surface area contributed by atoms with Crippen LogP contribution < -0.4 is 10.6 Å². The first kappa shape index (κ1) is 18.0. The van der Waals surface area contributed by atoms with Crippen LogP contribution in [0, 0.1) is 0 Å². The Bertz CT molecular complexity index is 763. The summed E-state index contributed by atoms with van der Waals surface area (Å²) in [4.78, 5) is 23.0. The van der Waals surface area contributed by atoms with E-state index in [4.69, 9.17) is 0 Å². The van der Waals surface area contributed by atoms with E-state index in [0.717, 1.165) is 0 Å². The Morgan fingerprint density at radius 1 is 1.04 bits per heavy atom. The van der Waals surface area contributed by atoms with Crippen LogP contribution in [-0.4, -0.2) is 18.0 Å². The molecule has 2 aromatic rings. The van der Waals surface area contributed by atoms with Gasteiger partial charge in [-0.05, 0) is 45.8 Å². The van der Waals surface area contributed by atoms with E-state index in [1.807, 2.05) is 0 Å². The molecule has 0 spiro atoms. The number of halogens is 4. The molecule has 2 amide bonds. The van der Waals surface area contributed by atoms with Gasteiger partial charge in [-0.25, -0.2) is 0 Å². The van der Waals surface area contributed by atoms with Gasteiger partial charge in [-0.3, -0.25) is 9.59 Å². The molecule has 0 saturated heterocycles. The van der Waals surface area contributed by atoms with Crippen molar-refractivity contribution in [3.05, 3.63) is 64.1 Å². The minimum absolute atomic E-state index is 0.00460. The van der Waals surface area contributed by atoms with Crippen LogP contribution in [0.2, 0.25) is 0 Å². The van der Waals surface area contributed by atoms with E-state index >= 15 is 0 Å². The molecule has 24 heavy (non-hydrogen) atoms. The van der Waals surface area contributed by atoms with E-state index in [9.17, 15) is 22.8 Å². The lowest BCUT2D eigenvalue weighted by Gasteiger charge is -2.10. The van der Waals surface area contributed by atoms with E-state index in [1.165, 1.54) is 18.2 Å². The molecule has 2 rings (SSSR count). The Morgan fingerprint density at radius 3 is 2.42 bits per heavy atom. The molecule has 0 saturated carbocycles. The Balaban J connectivity index is 2.01. The summed E-state index contributed by atoms with van der Waals surface area (Å²) >= 11 is 3.27. The van der Waals surface area contributed by atoms with E-state index in [0.29, 0.717) is 15.6 Å². The standard InChI is InChI=1S/C16H12BrF3N2O2/c17-13-7-2-1-6-12(13)14(23)21-9-10-4-3-5-11(8-10)22-15(24)16(18,19)20/h1-8H,9H2,(H,21,23)(H,22,24). The normalized spacial score (nSPS) is 11.0. The van der Waals surface area contributed by atoms with Crippen molar-refractivity contribution in [2.45, 2.75) is 12.7 Å². The van der Waals surface area contributed by atoms with Crippen LogP contribution in [0.3, 0.4) is 0 Å².